The molecule has 0 aromatic carbocycles. The summed E-state index contributed by atoms with van der Waals surface area (Å²) in [6.07, 6.45) is 3.02. The monoisotopic (exact) mass is 577 g/mol. The standard InChI is InChI=1S/2C5H7N3O.2CH5N.4H2O.Pt/c2*1-8-3-2-4(6)7-5(8)9;2*1-2;;;;;/h2*2-3H,1H3,(H2,6,7,9);2*2H2,1H3;4*1H2;/q;;;;;;;;+4/p-2. The molecular weight excluding hydrogens is 547 g/mol. The number of aromatic nitrogens is 4. The van der Waals surface area contributed by atoms with Crippen molar-refractivity contribution in [2.24, 2.45) is 25.6 Å². The summed E-state index contributed by atoms with van der Waals surface area (Å²) in [5, 5.41) is 35.0. The van der Waals surface area contributed by atoms with Crippen LogP contribution >= 0.6 is 0 Å². The molecule has 2 heterocycles. The Kier molecular flexibility index (Phi) is 42.8. The molecule has 2 aromatic heterocycles. The van der Waals surface area contributed by atoms with Crippen molar-refractivity contribution in [1.29, 1.82) is 10.8 Å². The first-order valence-corrected chi connectivity index (χ1v) is 6.06. The van der Waals surface area contributed by atoms with E-state index >= 15 is 0 Å². The Morgan fingerprint density at radius 3 is 1.11 bits per heavy atom. The number of rotatable bonds is 0. The predicted molar refractivity (Wildman–Crippen MR) is 91.7 cm³/mol. The molecule has 2 rings (SSSR count). The average Bonchev–Trinajstić information content (AvgIpc) is 2.52. The molecule has 14 N–H and O–H groups in total. The van der Waals surface area contributed by atoms with Crippen LogP contribution in [0.1, 0.15) is 0 Å². The Morgan fingerprint density at radius 2 is 0.963 bits per heavy atom. The van der Waals surface area contributed by atoms with Crippen molar-refractivity contribution in [2.75, 3.05) is 14.1 Å². The van der Waals surface area contributed by atoms with Gasteiger partial charge in [0.05, 0.1) is 12.0 Å². The van der Waals surface area contributed by atoms with Crippen LogP contribution in [0, 0.1) is 10.8 Å². The van der Waals surface area contributed by atoms with Crippen LogP contribution in [-0.2, 0) is 35.2 Å². The van der Waals surface area contributed by atoms with Crippen LogP contribution in [0.2, 0.25) is 0 Å². The Morgan fingerprint density at radius 1 is 0.741 bits per heavy atom. The van der Waals surface area contributed by atoms with Gasteiger partial charge in [0.2, 0.25) is 0 Å². The Hall–Kier alpha value is -2.19. The molecule has 0 saturated carbocycles. The Labute approximate surface area is 170 Å². The van der Waals surface area contributed by atoms with E-state index in [4.69, 9.17) is 10.8 Å². The topological polar surface area (TPSA) is 308 Å². The molecule has 0 spiro atoms. The molecule has 0 atom stereocenters. The van der Waals surface area contributed by atoms with Crippen LogP contribution in [0.5, 0.6) is 12.0 Å². The first kappa shape index (κ1) is 44.3. The van der Waals surface area contributed by atoms with Crippen molar-refractivity contribution in [2.45, 2.75) is 0 Å². The molecular formula is C12H30N8O6Pt+2. The first-order valence-electron chi connectivity index (χ1n) is 6.06. The second kappa shape index (κ2) is 26.0. The van der Waals surface area contributed by atoms with Gasteiger partial charge in [-0.3, -0.25) is 10.8 Å². The van der Waals surface area contributed by atoms with Crippen molar-refractivity contribution < 1.29 is 53.2 Å². The van der Waals surface area contributed by atoms with Gasteiger partial charge in [0.15, 0.2) is 0 Å². The van der Waals surface area contributed by atoms with Crippen LogP contribution in [0.3, 0.4) is 0 Å². The van der Waals surface area contributed by atoms with Crippen molar-refractivity contribution in [3.63, 3.8) is 0 Å². The second-order valence-corrected chi connectivity index (χ2v) is 3.41. The average molecular weight is 578 g/mol. The Balaban J connectivity index is -0.0000000432. The van der Waals surface area contributed by atoms with Gasteiger partial charge >= 0.3 is 21.1 Å². The van der Waals surface area contributed by atoms with E-state index in [1.54, 1.807) is 14.1 Å². The number of nitrogens with zero attached hydrogens (tertiary/aromatic N) is 4. The molecule has 0 amide bonds. The Bertz CT molecular complexity index is 609. The van der Waals surface area contributed by atoms with E-state index in [0.29, 0.717) is 0 Å². The van der Waals surface area contributed by atoms with Gasteiger partial charge in [-0.25, -0.2) is 9.97 Å². The smallest absolute Gasteiger partial charge is 0.846 e. The summed E-state index contributed by atoms with van der Waals surface area (Å²) in [6, 6.07) is 2.15. The van der Waals surface area contributed by atoms with Crippen molar-refractivity contribution in [3.05, 3.63) is 35.5 Å². The van der Waals surface area contributed by atoms with Gasteiger partial charge in [0.25, 0.3) is 0 Å². The van der Waals surface area contributed by atoms with Crippen LogP contribution in [0.4, 0.5) is 0 Å². The summed E-state index contributed by atoms with van der Waals surface area (Å²) < 4.78 is 2.64. The minimum Gasteiger partial charge on any atom is -0.846 e. The molecule has 0 radical (unpaired) electrons. The third kappa shape index (κ3) is 20.0. The third-order valence-corrected chi connectivity index (χ3v) is 1.95. The molecule has 0 fully saturated rings. The second-order valence-electron chi connectivity index (χ2n) is 3.41. The van der Waals surface area contributed by atoms with Gasteiger partial charge in [-0.05, 0) is 26.2 Å². The first-order chi connectivity index (χ1) is 10.4. The zero-order chi connectivity index (χ0) is 17.7. The van der Waals surface area contributed by atoms with Gasteiger partial charge < -0.3 is 52.7 Å². The van der Waals surface area contributed by atoms with E-state index in [9.17, 15) is 10.2 Å². The number of nitrogens with one attached hydrogen (secondary N) is 2. The minimum absolute atomic E-state index is 0. The third-order valence-electron chi connectivity index (χ3n) is 1.95. The fraction of sp³-hybridized carbons (Fsp3) is 0.333. The van der Waals surface area contributed by atoms with Gasteiger partial charge in [-0.1, -0.05) is 0 Å². The van der Waals surface area contributed by atoms with E-state index in [2.05, 4.69) is 21.4 Å². The largest absolute Gasteiger partial charge is 4.00 e. The molecule has 0 aliphatic carbocycles. The van der Waals surface area contributed by atoms with E-state index in [-0.39, 0.29) is 66.0 Å². The predicted octanol–water partition coefficient (Wildman–Crippen LogP) is -6.21. The fourth-order valence-electron chi connectivity index (χ4n) is 0.931. The molecule has 0 aliphatic heterocycles. The van der Waals surface area contributed by atoms with E-state index < -0.39 is 0 Å². The maximum atomic E-state index is 10.6. The van der Waals surface area contributed by atoms with E-state index in [1.165, 1.54) is 47.8 Å². The van der Waals surface area contributed by atoms with Gasteiger partial charge in [-0.2, -0.15) is 0 Å². The van der Waals surface area contributed by atoms with E-state index in [0.717, 1.165) is 0 Å². The molecule has 0 bridgehead atoms. The van der Waals surface area contributed by atoms with Crippen molar-refractivity contribution in [1.82, 2.24) is 19.1 Å². The molecule has 27 heavy (non-hydrogen) atoms. The van der Waals surface area contributed by atoms with Crippen molar-refractivity contribution >= 4 is 0 Å². The van der Waals surface area contributed by atoms with Crippen LogP contribution in [0.15, 0.2) is 24.5 Å². The molecule has 0 unspecified atom stereocenters. The van der Waals surface area contributed by atoms with Gasteiger partial charge in [0, 0.05) is 26.5 Å². The molecule has 15 heteroatoms. The van der Waals surface area contributed by atoms with Crippen LogP contribution < -0.4 is 32.7 Å². The van der Waals surface area contributed by atoms with Crippen molar-refractivity contribution in [3.8, 4) is 12.0 Å². The minimum atomic E-state index is -0.387. The summed E-state index contributed by atoms with van der Waals surface area (Å²) in [4.78, 5) is 6.69. The zero-order valence-electron chi connectivity index (χ0n) is 15.4. The SMILES string of the molecule is CN.CN.Cn1ccc(=N)nc1[O-].Cn1ccc(=N)nc1[O-].O.O.O.O.[Pt+4]. The maximum Gasteiger partial charge on any atom is 4.00 e. The number of hydrogen-bond donors (Lipinski definition) is 4. The quantitative estimate of drug-likeness (QED) is 0.236. The summed E-state index contributed by atoms with van der Waals surface area (Å²) in [5.41, 5.74) is 9.02. The number of hydrogen-bond acceptors (Lipinski definition) is 8. The molecule has 14 nitrogen and oxygen atoms in total. The maximum absolute atomic E-state index is 10.6. The number of nitrogens with two attached hydrogens (primary N) is 2. The van der Waals surface area contributed by atoms with E-state index in [1.807, 2.05) is 0 Å². The molecule has 162 valence electrons. The number of aryl methyl sites for hydroxylation is 2. The van der Waals surface area contributed by atoms with Crippen LogP contribution in [0.25, 0.3) is 0 Å². The van der Waals surface area contributed by atoms with Gasteiger partial charge in [-0.15, -0.1) is 0 Å². The summed E-state index contributed by atoms with van der Waals surface area (Å²) in [5.74, 6) is 0. The molecule has 0 aliphatic rings. The van der Waals surface area contributed by atoms with Crippen LogP contribution in [-0.4, -0.2) is 55.1 Å². The summed E-state index contributed by atoms with van der Waals surface area (Å²) >= 11 is 0. The molecule has 2 aromatic rings. The summed E-state index contributed by atoms with van der Waals surface area (Å²) in [6.45, 7) is 0. The fourth-order valence-corrected chi connectivity index (χ4v) is 0.931. The normalized spacial score (nSPS) is 6.74. The van der Waals surface area contributed by atoms with Gasteiger partial charge in [0.1, 0.15) is 11.0 Å². The molecule has 0 saturated heterocycles. The summed E-state index contributed by atoms with van der Waals surface area (Å²) in [7, 11) is 6.18. The zero-order valence-corrected chi connectivity index (χ0v) is 17.7.